The van der Waals surface area contributed by atoms with Gasteiger partial charge in [0.1, 0.15) is 0 Å². The summed E-state index contributed by atoms with van der Waals surface area (Å²) in [5, 5.41) is 0. The van der Waals surface area contributed by atoms with Crippen molar-refractivity contribution in [3.63, 3.8) is 0 Å². The Bertz CT molecular complexity index is 706. The van der Waals surface area contributed by atoms with E-state index in [1.54, 1.807) is 0 Å². The molecule has 0 saturated carbocycles. The van der Waals surface area contributed by atoms with E-state index in [0.717, 1.165) is 39.3 Å². The lowest BCUT2D eigenvalue weighted by atomic mass is 10.0. The maximum Gasteiger partial charge on any atom is 0.0683 e. The van der Waals surface area contributed by atoms with Crippen LogP contribution in [0.3, 0.4) is 0 Å². The molecule has 0 radical (unpaired) electrons. The predicted molar refractivity (Wildman–Crippen MR) is 159 cm³/mol. The molecule has 0 amide bonds. The summed E-state index contributed by atoms with van der Waals surface area (Å²) < 4.78 is 0. The second-order valence-corrected chi connectivity index (χ2v) is 7.51. The van der Waals surface area contributed by atoms with Gasteiger partial charge in [-0.3, -0.25) is 0 Å². The smallest absolute Gasteiger partial charge is 0.0683 e. The highest BCUT2D eigenvalue weighted by Gasteiger charge is 2.32. The van der Waals surface area contributed by atoms with Gasteiger partial charge in [0, 0.05) is 39.3 Å². The Morgan fingerprint density at radius 2 is 0.781 bits per heavy atom. The van der Waals surface area contributed by atoms with Crippen LogP contribution in [0, 0.1) is 0 Å². The van der Waals surface area contributed by atoms with Gasteiger partial charge in [-0.2, -0.15) is 0 Å². The molecule has 0 saturated heterocycles. The minimum atomic E-state index is 0. The van der Waals surface area contributed by atoms with E-state index in [9.17, 15) is 0 Å². The Morgan fingerprint density at radius 3 is 1.06 bits per heavy atom. The van der Waals surface area contributed by atoms with Gasteiger partial charge in [0.25, 0.3) is 0 Å². The van der Waals surface area contributed by atoms with E-state index < -0.39 is 0 Å². The Hall–Kier alpha value is -0.960. The van der Waals surface area contributed by atoms with Gasteiger partial charge >= 0.3 is 0 Å². The van der Waals surface area contributed by atoms with Crippen molar-refractivity contribution in [2.45, 2.75) is 12.1 Å². The Balaban J connectivity index is 0.00000240. The molecule has 0 aliphatic carbocycles. The van der Waals surface area contributed by atoms with Crippen molar-refractivity contribution in [1.29, 1.82) is 0 Å². The van der Waals surface area contributed by atoms with E-state index >= 15 is 0 Å². The average molecular weight is 698 g/mol. The third-order valence-corrected chi connectivity index (χ3v) is 5.59. The lowest BCUT2D eigenvalue weighted by molar-refractivity contribution is 0.110. The number of rotatable bonds is 7. The number of hydrogen-bond acceptors (Lipinski definition) is 4. The summed E-state index contributed by atoms with van der Waals surface area (Å²) in [4.78, 5) is 9.87. The van der Waals surface area contributed by atoms with Crippen LogP contribution in [0.5, 0.6) is 0 Å². The van der Waals surface area contributed by atoms with Crippen LogP contribution in [-0.2, 0) is 0 Å². The van der Waals surface area contributed by atoms with Crippen molar-refractivity contribution in [1.82, 2.24) is 19.6 Å². The summed E-state index contributed by atoms with van der Waals surface area (Å²) in [7, 11) is 0. The maximum absolute atomic E-state index is 2.51. The standard InChI is InChI=1S/C24H30N4.4BrH/c1-5-13-25(14-6-1)21-23(27-17-9-3-10-18-27)24(28-19-11-4-12-20-28)22-26-15-7-2-8-16-26;;;;/h1-13,15,17,19,23-24H,14,16,18,20-22H2;4*1H. The number of allylic oxidation sites excluding steroid dienone is 8. The van der Waals surface area contributed by atoms with Crippen LogP contribution in [0.2, 0.25) is 0 Å². The molecule has 0 aromatic rings. The summed E-state index contributed by atoms with van der Waals surface area (Å²) in [5.41, 5.74) is 0. The van der Waals surface area contributed by atoms with E-state index in [-0.39, 0.29) is 67.9 Å². The van der Waals surface area contributed by atoms with E-state index in [4.69, 9.17) is 0 Å². The van der Waals surface area contributed by atoms with Crippen molar-refractivity contribution in [3.8, 4) is 0 Å². The zero-order valence-electron chi connectivity index (χ0n) is 18.1. The molecule has 8 heteroatoms. The van der Waals surface area contributed by atoms with Crippen molar-refractivity contribution in [2.75, 3.05) is 39.3 Å². The van der Waals surface area contributed by atoms with Gasteiger partial charge in [0.15, 0.2) is 0 Å². The quantitative estimate of drug-likeness (QED) is 0.345. The van der Waals surface area contributed by atoms with Gasteiger partial charge in [-0.05, 0) is 49.1 Å². The fraction of sp³-hybridized carbons (Fsp3) is 0.333. The summed E-state index contributed by atoms with van der Waals surface area (Å²) >= 11 is 0. The molecule has 2 unspecified atom stereocenters. The normalized spacial score (nSPS) is 19.6. The van der Waals surface area contributed by atoms with Crippen LogP contribution in [0.4, 0.5) is 0 Å². The highest BCUT2D eigenvalue weighted by atomic mass is 79.9. The third-order valence-electron chi connectivity index (χ3n) is 5.59. The van der Waals surface area contributed by atoms with E-state index in [2.05, 4.69) is 117 Å². The van der Waals surface area contributed by atoms with Crippen LogP contribution >= 0.6 is 67.9 Å². The van der Waals surface area contributed by atoms with Crippen LogP contribution in [0.15, 0.2) is 97.7 Å². The first-order valence-electron chi connectivity index (χ1n) is 10.2. The van der Waals surface area contributed by atoms with Crippen LogP contribution < -0.4 is 0 Å². The molecule has 32 heavy (non-hydrogen) atoms. The molecule has 178 valence electrons. The first kappa shape index (κ1) is 31.0. The zero-order valence-corrected chi connectivity index (χ0v) is 24.9. The van der Waals surface area contributed by atoms with Gasteiger partial charge in [-0.15, -0.1) is 67.9 Å². The molecule has 4 heterocycles. The molecule has 0 aromatic carbocycles. The van der Waals surface area contributed by atoms with Gasteiger partial charge in [-0.25, -0.2) is 0 Å². The number of halogens is 4. The molecule has 0 fully saturated rings. The molecule has 4 rings (SSSR count). The first-order valence-corrected chi connectivity index (χ1v) is 10.2. The summed E-state index contributed by atoms with van der Waals surface area (Å²) in [6, 6.07) is 0.764. The minimum Gasteiger partial charge on any atom is -0.372 e. The SMILES string of the molecule is Br.Br.Br.Br.C1=CCN(CC(C(CN2C=CC=CC2)N2C=CC=CC2)N2C=CC=CC2)C=C1. The van der Waals surface area contributed by atoms with Gasteiger partial charge < -0.3 is 19.6 Å². The molecule has 0 spiro atoms. The minimum absolute atomic E-state index is 0. The topological polar surface area (TPSA) is 13.0 Å². The van der Waals surface area contributed by atoms with Gasteiger partial charge in [0.2, 0.25) is 0 Å². The summed E-state index contributed by atoms with van der Waals surface area (Å²) in [5.74, 6) is 0. The molecule has 0 bridgehead atoms. The second-order valence-electron chi connectivity index (χ2n) is 7.51. The average Bonchev–Trinajstić information content (AvgIpc) is 2.79. The molecule has 2 atom stereocenters. The van der Waals surface area contributed by atoms with Crippen molar-refractivity contribution >= 4 is 67.9 Å². The maximum atomic E-state index is 2.51. The van der Waals surface area contributed by atoms with E-state index in [1.165, 1.54) is 0 Å². The monoisotopic (exact) mass is 694 g/mol. The van der Waals surface area contributed by atoms with Crippen molar-refractivity contribution < 1.29 is 0 Å². The zero-order chi connectivity index (χ0) is 19.0. The Morgan fingerprint density at radius 1 is 0.438 bits per heavy atom. The fourth-order valence-electron chi connectivity index (χ4n) is 4.12. The van der Waals surface area contributed by atoms with Crippen LogP contribution in [0.1, 0.15) is 0 Å². The highest BCUT2D eigenvalue weighted by Crippen LogP contribution is 2.20. The predicted octanol–water partition coefficient (Wildman–Crippen LogP) is 5.58. The Labute approximate surface area is 235 Å². The lowest BCUT2D eigenvalue weighted by Crippen LogP contribution is -2.57. The fourth-order valence-corrected chi connectivity index (χ4v) is 4.12. The third kappa shape index (κ3) is 8.76. The summed E-state index contributed by atoms with van der Waals surface area (Å²) in [6.07, 6.45) is 35.1. The number of nitrogens with zero attached hydrogens (tertiary/aromatic N) is 4. The van der Waals surface area contributed by atoms with Gasteiger partial charge in [-0.1, -0.05) is 48.6 Å². The molecular weight excluding hydrogens is 664 g/mol. The molecule has 0 N–H and O–H groups in total. The number of hydrogen-bond donors (Lipinski definition) is 0. The van der Waals surface area contributed by atoms with Crippen molar-refractivity contribution in [2.24, 2.45) is 0 Å². The highest BCUT2D eigenvalue weighted by molar-refractivity contribution is 8.93. The molecule has 4 nitrogen and oxygen atoms in total. The molecule has 0 aromatic heterocycles. The largest absolute Gasteiger partial charge is 0.372 e. The molecule has 4 aliphatic rings. The molecular formula is C24H34Br4N4. The van der Waals surface area contributed by atoms with Gasteiger partial charge in [0.05, 0.1) is 12.1 Å². The lowest BCUT2D eigenvalue weighted by Gasteiger charge is -2.45. The van der Waals surface area contributed by atoms with E-state index in [1.807, 2.05) is 0 Å². The summed E-state index contributed by atoms with van der Waals surface area (Å²) in [6.45, 7) is 5.91. The first-order chi connectivity index (χ1) is 13.9. The second kappa shape index (κ2) is 16.6. The Kier molecular flexibility index (Phi) is 16.1. The van der Waals surface area contributed by atoms with Crippen LogP contribution in [0.25, 0.3) is 0 Å². The van der Waals surface area contributed by atoms with Crippen molar-refractivity contribution in [3.05, 3.63) is 97.7 Å². The van der Waals surface area contributed by atoms with Crippen LogP contribution in [-0.4, -0.2) is 71.0 Å². The van der Waals surface area contributed by atoms with E-state index in [0.29, 0.717) is 12.1 Å². The molecule has 4 aliphatic heterocycles.